The number of hydrogen-bond acceptors (Lipinski definition) is 8. The first-order valence-electron chi connectivity index (χ1n) is 13.4. The van der Waals surface area contributed by atoms with Gasteiger partial charge in [0.25, 0.3) is 0 Å². The lowest BCUT2D eigenvalue weighted by Gasteiger charge is -2.33. The number of para-hydroxylation sites is 1. The Bertz CT molecular complexity index is 1190. The van der Waals surface area contributed by atoms with Gasteiger partial charge in [0, 0.05) is 51.7 Å². The molecule has 2 aromatic rings. The number of carboxylic acids is 2. The molecule has 2 N–H and O–H groups in total. The van der Waals surface area contributed by atoms with Gasteiger partial charge in [0.15, 0.2) is 0 Å². The van der Waals surface area contributed by atoms with Gasteiger partial charge < -0.3 is 24.4 Å². The topological polar surface area (TPSA) is 127 Å². The van der Waals surface area contributed by atoms with Gasteiger partial charge in [-0.15, -0.1) is 0 Å². The Balaban J connectivity index is 0.000000303. The molecule has 43 heavy (non-hydrogen) atoms. The molecule has 0 amide bonds. The summed E-state index contributed by atoms with van der Waals surface area (Å²) in [5, 5.41) is 20.3. The van der Waals surface area contributed by atoms with Crippen molar-refractivity contribution in [2.24, 2.45) is 7.05 Å². The van der Waals surface area contributed by atoms with Crippen LogP contribution in [0.2, 0.25) is 0 Å². The van der Waals surface area contributed by atoms with E-state index in [-0.39, 0.29) is 5.60 Å². The van der Waals surface area contributed by atoms with Crippen LogP contribution in [0.1, 0.15) is 18.5 Å². The lowest BCUT2D eigenvalue weighted by atomic mass is 10.00. The van der Waals surface area contributed by atoms with Gasteiger partial charge >= 0.3 is 24.3 Å². The van der Waals surface area contributed by atoms with Crippen molar-refractivity contribution < 1.29 is 60.4 Å². The average molecular weight is 629 g/mol. The molecule has 242 valence electrons. The van der Waals surface area contributed by atoms with Crippen molar-refractivity contribution in [2.45, 2.75) is 43.4 Å². The van der Waals surface area contributed by atoms with Gasteiger partial charge in [0.05, 0.1) is 43.7 Å². The fraction of sp³-hybridized carbons (Fsp3) is 0.654. The number of aryl methyl sites for hydroxylation is 1. The molecule has 1 spiro atoms. The molecule has 3 aliphatic rings. The van der Waals surface area contributed by atoms with Gasteiger partial charge in [-0.1, -0.05) is 18.2 Å². The van der Waals surface area contributed by atoms with Crippen molar-refractivity contribution in [1.82, 2.24) is 19.6 Å². The minimum Gasteiger partial charge on any atom is -0.475 e. The molecular weight excluding hydrogens is 594 g/mol. The quantitative estimate of drug-likeness (QED) is 0.489. The number of ether oxygens (including phenoxy) is 3. The minimum atomic E-state index is -5.08. The molecule has 17 heteroatoms. The fourth-order valence-electron chi connectivity index (χ4n) is 5.05. The van der Waals surface area contributed by atoms with E-state index in [0.29, 0.717) is 12.7 Å². The maximum absolute atomic E-state index is 10.6. The maximum Gasteiger partial charge on any atom is 0.490 e. The molecule has 3 aliphatic heterocycles. The Kier molecular flexibility index (Phi) is 11.8. The van der Waals surface area contributed by atoms with E-state index in [1.165, 1.54) is 10.9 Å². The molecule has 3 saturated heterocycles. The van der Waals surface area contributed by atoms with E-state index < -0.39 is 24.3 Å². The highest BCUT2D eigenvalue weighted by Crippen LogP contribution is 2.34. The van der Waals surface area contributed by atoms with Crippen LogP contribution in [0.25, 0.3) is 10.9 Å². The Morgan fingerprint density at radius 1 is 0.953 bits per heavy atom. The normalized spacial score (nSPS) is 23.7. The molecule has 11 nitrogen and oxygen atoms in total. The van der Waals surface area contributed by atoms with Crippen molar-refractivity contribution in [3.63, 3.8) is 0 Å². The molecule has 5 rings (SSSR count). The zero-order valence-electron chi connectivity index (χ0n) is 23.4. The van der Waals surface area contributed by atoms with E-state index in [4.69, 9.17) is 39.1 Å². The number of carboxylic acid groups (broad SMARTS) is 2. The molecule has 0 unspecified atom stereocenters. The third-order valence-corrected chi connectivity index (χ3v) is 7.03. The molecule has 4 heterocycles. The molecule has 0 saturated carbocycles. The van der Waals surface area contributed by atoms with Crippen molar-refractivity contribution in [3.05, 3.63) is 30.0 Å². The monoisotopic (exact) mass is 628 g/mol. The predicted octanol–water partition coefficient (Wildman–Crippen LogP) is 2.92. The second-order valence-electron chi connectivity index (χ2n) is 10.3. The third kappa shape index (κ3) is 10.3. The Morgan fingerprint density at radius 2 is 1.51 bits per heavy atom. The highest BCUT2D eigenvalue weighted by molar-refractivity contribution is 5.81. The zero-order valence-corrected chi connectivity index (χ0v) is 23.4. The number of hydrogen-bond donors (Lipinski definition) is 2. The van der Waals surface area contributed by atoms with E-state index in [0.717, 1.165) is 77.6 Å². The standard InChI is InChI=1S/C22H32N4O3.2C2HF3O2/c1-24-21-5-3-2-4-19(21)20(23-24)15-26-10-13-28-17-22(16-26)7-6-18(29-22)14-25-8-11-27-12-9-25;2*3-2(4,5)1(6)7/h2-5,18H,6-17H2,1H3;2*(H,6,7)/t18-,22-;;/m1../s1. The number of aliphatic carboxylic acids is 2. The van der Waals surface area contributed by atoms with Gasteiger partial charge in [-0.05, 0) is 18.9 Å². The summed E-state index contributed by atoms with van der Waals surface area (Å²) >= 11 is 0. The summed E-state index contributed by atoms with van der Waals surface area (Å²) in [5.74, 6) is -5.51. The number of aromatic nitrogens is 2. The number of alkyl halides is 6. The highest BCUT2D eigenvalue weighted by Gasteiger charge is 2.43. The van der Waals surface area contributed by atoms with Crippen LogP contribution in [0.4, 0.5) is 26.3 Å². The second-order valence-corrected chi connectivity index (χ2v) is 10.3. The molecular formula is C26H34F6N4O7. The summed E-state index contributed by atoms with van der Waals surface area (Å²) in [5.41, 5.74) is 2.15. The van der Waals surface area contributed by atoms with Crippen LogP contribution in [0.5, 0.6) is 0 Å². The number of benzene rings is 1. The summed E-state index contributed by atoms with van der Waals surface area (Å²) in [4.78, 5) is 22.7. The van der Waals surface area contributed by atoms with Gasteiger partial charge in [-0.25, -0.2) is 9.59 Å². The van der Waals surface area contributed by atoms with Crippen LogP contribution in [-0.2, 0) is 37.4 Å². The predicted molar refractivity (Wildman–Crippen MR) is 138 cm³/mol. The van der Waals surface area contributed by atoms with Gasteiger partial charge in [-0.3, -0.25) is 14.5 Å². The molecule has 2 atom stereocenters. The summed E-state index contributed by atoms with van der Waals surface area (Å²) < 4.78 is 83.6. The lowest BCUT2D eigenvalue weighted by molar-refractivity contribution is -0.193. The molecule has 1 aromatic carbocycles. The number of halogens is 6. The van der Waals surface area contributed by atoms with Crippen molar-refractivity contribution in [3.8, 4) is 0 Å². The van der Waals surface area contributed by atoms with Gasteiger partial charge in [-0.2, -0.15) is 31.4 Å². The highest BCUT2D eigenvalue weighted by atomic mass is 19.4. The van der Waals surface area contributed by atoms with Crippen LogP contribution >= 0.6 is 0 Å². The number of rotatable bonds is 4. The van der Waals surface area contributed by atoms with E-state index >= 15 is 0 Å². The fourth-order valence-corrected chi connectivity index (χ4v) is 5.05. The Labute approximate surface area is 242 Å². The zero-order chi connectivity index (χ0) is 31.8. The van der Waals surface area contributed by atoms with Crippen LogP contribution in [0.15, 0.2) is 24.3 Å². The summed E-state index contributed by atoms with van der Waals surface area (Å²) in [6.07, 6.45) is -7.69. The maximum atomic E-state index is 10.6. The summed E-state index contributed by atoms with van der Waals surface area (Å²) in [7, 11) is 2.02. The smallest absolute Gasteiger partial charge is 0.475 e. The molecule has 3 fully saturated rings. The van der Waals surface area contributed by atoms with Crippen LogP contribution in [0, 0.1) is 0 Å². The third-order valence-electron chi connectivity index (χ3n) is 7.03. The largest absolute Gasteiger partial charge is 0.490 e. The number of fused-ring (bicyclic) bond motifs is 1. The average Bonchev–Trinajstić information content (AvgIpc) is 3.39. The van der Waals surface area contributed by atoms with E-state index in [9.17, 15) is 26.3 Å². The number of nitrogens with zero attached hydrogens (tertiary/aromatic N) is 4. The SMILES string of the molecule is Cn1nc(CN2CCOC[C@@]3(CC[C@H](CN4CCOCC4)O3)C2)c2ccccc21.O=C(O)C(F)(F)F.O=C(O)C(F)(F)F. The van der Waals surface area contributed by atoms with Crippen molar-refractivity contribution in [1.29, 1.82) is 0 Å². The van der Waals surface area contributed by atoms with Crippen LogP contribution < -0.4 is 0 Å². The molecule has 0 aliphatic carbocycles. The molecule has 0 bridgehead atoms. The first kappa shape index (κ1) is 34.5. The van der Waals surface area contributed by atoms with Gasteiger partial charge in [0.1, 0.15) is 5.60 Å². The summed E-state index contributed by atoms with van der Waals surface area (Å²) in [6, 6.07) is 8.47. The molecule has 0 radical (unpaired) electrons. The lowest BCUT2D eigenvalue weighted by Crippen LogP contribution is -2.46. The first-order valence-corrected chi connectivity index (χ1v) is 13.4. The number of morpholine rings is 1. The van der Waals surface area contributed by atoms with Crippen molar-refractivity contribution in [2.75, 3.05) is 59.2 Å². The Morgan fingerprint density at radius 3 is 2.12 bits per heavy atom. The number of carbonyl (C=O) groups is 2. The first-order chi connectivity index (χ1) is 20.1. The van der Waals surface area contributed by atoms with Crippen LogP contribution in [0.3, 0.4) is 0 Å². The van der Waals surface area contributed by atoms with Crippen LogP contribution in [-0.4, -0.2) is 125 Å². The van der Waals surface area contributed by atoms with E-state index in [2.05, 4.69) is 34.1 Å². The van der Waals surface area contributed by atoms with Gasteiger partial charge in [0.2, 0.25) is 0 Å². The Hall–Kier alpha value is -2.99. The van der Waals surface area contributed by atoms with E-state index in [1.807, 2.05) is 11.7 Å². The minimum absolute atomic E-state index is 0.183. The van der Waals surface area contributed by atoms with E-state index in [1.54, 1.807) is 0 Å². The second kappa shape index (κ2) is 14.7. The molecule has 1 aromatic heterocycles. The van der Waals surface area contributed by atoms with Crippen molar-refractivity contribution >= 4 is 22.8 Å². The summed E-state index contributed by atoms with van der Waals surface area (Å²) in [6.45, 7) is 8.85.